The molecule has 1 aliphatic carbocycles. The zero-order valence-corrected chi connectivity index (χ0v) is 16.8. The summed E-state index contributed by atoms with van der Waals surface area (Å²) in [7, 11) is 0. The van der Waals surface area contributed by atoms with Crippen molar-refractivity contribution in [2.24, 2.45) is 0 Å². The summed E-state index contributed by atoms with van der Waals surface area (Å²) in [5, 5.41) is 10.9. The first-order chi connectivity index (χ1) is 13.6. The molecular weight excluding hydrogens is 402 g/mol. The zero-order valence-electron chi connectivity index (χ0n) is 15.9. The van der Waals surface area contributed by atoms with Crippen molar-refractivity contribution in [2.75, 3.05) is 13.1 Å². The molecule has 1 saturated heterocycles. The van der Waals surface area contributed by atoms with Gasteiger partial charge < -0.3 is 15.4 Å². The quantitative estimate of drug-likeness (QED) is 0.770. The molecule has 4 rings (SSSR count). The molecule has 0 bridgehead atoms. The van der Waals surface area contributed by atoms with E-state index in [0.29, 0.717) is 12.8 Å². The fraction of sp³-hybridized carbons (Fsp3) is 0.500. The van der Waals surface area contributed by atoms with Crippen LogP contribution in [0.15, 0.2) is 36.7 Å². The molecular formula is C20H25ClF2N4O2. The van der Waals surface area contributed by atoms with E-state index in [4.69, 9.17) is 0 Å². The molecule has 2 N–H and O–H groups in total. The van der Waals surface area contributed by atoms with Crippen molar-refractivity contribution in [3.8, 4) is 5.75 Å². The van der Waals surface area contributed by atoms with E-state index in [0.717, 1.165) is 43.5 Å². The van der Waals surface area contributed by atoms with Crippen LogP contribution in [0.3, 0.4) is 0 Å². The van der Waals surface area contributed by atoms with Crippen LogP contribution in [0.1, 0.15) is 42.9 Å². The molecule has 29 heavy (non-hydrogen) atoms. The van der Waals surface area contributed by atoms with Gasteiger partial charge in [-0.25, -0.2) is 0 Å². The van der Waals surface area contributed by atoms with E-state index >= 15 is 0 Å². The van der Waals surface area contributed by atoms with Crippen LogP contribution in [0.25, 0.3) is 0 Å². The number of carbonyl (C=O) groups is 1. The molecule has 1 atom stereocenters. The summed E-state index contributed by atoms with van der Waals surface area (Å²) in [4.78, 5) is 13.4. The van der Waals surface area contributed by atoms with Crippen LogP contribution in [0, 0.1) is 0 Å². The lowest BCUT2D eigenvalue weighted by Gasteiger charge is -2.38. The van der Waals surface area contributed by atoms with Gasteiger partial charge in [-0.2, -0.15) is 13.9 Å². The molecule has 1 aliphatic heterocycles. The number of ether oxygens (including phenoxy) is 1. The lowest BCUT2D eigenvalue weighted by atomic mass is 9.84. The molecule has 1 aromatic carbocycles. The number of piperidine rings is 1. The Hall–Kier alpha value is -2.19. The Labute approximate surface area is 174 Å². The summed E-state index contributed by atoms with van der Waals surface area (Å²) >= 11 is 0. The smallest absolute Gasteiger partial charge is 0.387 e. The minimum Gasteiger partial charge on any atom is -0.435 e. The number of alkyl halides is 2. The Morgan fingerprint density at radius 1 is 1.34 bits per heavy atom. The molecule has 1 unspecified atom stereocenters. The fourth-order valence-electron chi connectivity index (χ4n) is 4.33. The molecule has 1 fully saturated rings. The Kier molecular flexibility index (Phi) is 6.74. The second-order valence-corrected chi connectivity index (χ2v) is 7.39. The van der Waals surface area contributed by atoms with Gasteiger partial charge in [-0.3, -0.25) is 9.48 Å². The number of aromatic nitrogens is 2. The van der Waals surface area contributed by atoms with Crippen LogP contribution in [0.5, 0.6) is 5.75 Å². The van der Waals surface area contributed by atoms with Crippen LogP contribution in [-0.2, 0) is 16.8 Å². The number of amides is 1. The monoisotopic (exact) mass is 426 g/mol. The van der Waals surface area contributed by atoms with Crippen LogP contribution < -0.4 is 15.4 Å². The average Bonchev–Trinajstić information content (AvgIpc) is 3.23. The maximum Gasteiger partial charge on any atom is 0.387 e. The fourth-order valence-corrected chi connectivity index (χ4v) is 4.33. The lowest BCUT2D eigenvalue weighted by Crippen LogP contribution is -2.55. The summed E-state index contributed by atoms with van der Waals surface area (Å²) in [6, 6.07) is 6.69. The first kappa shape index (κ1) is 21.5. The maximum atomic E-state index is 13.4. The largest absolute Gasteiger partial charge is 0.435 e. The van der Waals surface area contributed by atoms with Crippen molar-refractivity contribution in [2.45, 2.75) is 50.3 Å². The number of aryl methyl sites for hydroxylation is 1. The van der Waals surface area contributed by atoms with Gasteiger partial charge in [-0.15, -0.1) is 12.4 Å². The van der Waals surface area contributed by atoms with Crippen LogP contribution in [0.4, 0.5) is 8.78 Å². The van der Waals surface area contributed by atoms with Gasteiger partial charge in [0.15, 0.2) is 0 Å². The topological polar surface area (TPSA) is 68.2 Å². The average molecular weight is 427 g/mol. The number of carbonyl (C=O) groups excluding carboxylic acids is 1. The third-order valence-electron chi connectivity index (χ3n) is 5.76. The third-order valence-corrected chi connectivity index (χ3v) is 5.76. The first-order valence-corrected chi connectivity index (χ1v) is 9.68. The summed E-state index contributed by atoms with van der Waals surface area (Å²) in [6.07, 6.45) is 7.36. The molecule has 2 aromatic rings. The molecule has 0 saturated carbocycles. The van der Waals surface area contributed by atoms with Crippen molar-refractivity contribution in [3.05, 3.63) is 47.8 Å². The third kappa shape index (κ3) is 4.38. The Morgan fingerprint density at radius 3 is 2.83 bits per heavy atom. The molecule has 2 aliphatic rings. The minimum atomic E-state index is -2.84. The predicted octanol–water partition coefficient (Wildman–Crippen LogP) is 3.18. The first-order valence-electron chi connectivity index (χ1n) is 9.68. The van der Waals surface area contributed by atoms with Crippen molar-refractivity contribution < 1.29 is 18.3 Å². The number of halogens is 3. The summed E-state index contributed by atoms with van der Waals surface area (Å²) in [6.45, 7) is -1.34. The molecule has 158 valence electrons. The molecule has 1 amide bonds. The predicted molar refractivity (Wildman–Crippen MR) is 106 cm³/mol. The van der Waals surface area contributed by atoms with Crippen LogP contribution in [-0.4, -0.2) is 35.4 Å². The molecule has 0 spiro atoms. The van der Waals surface area contributed by atoms with Crippen molar-refractivity contribution in [1.82, 2.24) is 20.4 Å². The van der Waals surface area contributed by atoms with Gasteiger partial charge in [-0.1, -0.05) is 6.07 Å². The number of hydrogen-bond acceptors (Lipinski definition) is 4. The second kappa shape index (κ2) is 9.09. The number of benzene rings is 1. The zero-order chi connectivity index (χ0) is 19.6. The van der Waals surface area contributed by atoms with Crippen LogP contribution in [0.2, 0.25) is 0 Å². The van der Waals surface area contributed by atoms with E-state index in [1.165, 1.54) is 0 Å². The van der Waals surface area contributed by atoms with E-state index in [2.05, 4.69) is 20.5 Å². The van der Waals surface area contributed by atoms with Gasteiger partial charge in [0.05, 0.1) is 6.04 Å². The SMILES string of the molecule is Cl.O=C(NC1CCCc2cc(OC(F)F)ccc21)C1(n2cccn2)CCNCC1. The Balaban J connectivity index is 0.00000240. The highest BCUT2D eigenvalue weighted by molar-refractivity contribution is 5.85. The summed E-state index contributed by atoms with van der Waals surface area (Å²) < 4.78 is 31.3. The minimum absolute atomic E-state index is 0. The maximum absolute atomic E-state index is 13.4. The number of nitrogens with one attached hydrogen (secondary N) is 2. The van der Waals surface area contributed by atoms with Gasteiger partial charge in [0.2, 0.25) is 5.91 Å². The number of rotatable bonds is 5. The lowest BCUT2D eigenvalue weighted by molar-refractivity contribution is -0.133. The number of nitrogens with zero attached hydrogens (tertiary/aromatic N) is 2. The molecule has 9 heteroatoms. The molecule has 1 aromatic heterocycles. The van der Waals surface area contributed by atoms with E-state index in [1.54, 1.807) is 29.1 Å². The van der Waals surface area contributed by atoms with Gasteiger partial charge in [0, 0.05) is 12.4 Å². The van der Waals surface area contributed by atoms with Crippen molar-refractivity contribution in [1.29, 1.82) is 0 Å². The standard InChI is InChI=1S/C20H24F2N4O2.ClH/c21-19(22)28-15-5-6-16-14(13-15)3-1-4-17(16)25-18(27)20(7-10-23-11-8-20)26-12-2-9-24-26;/h2,5-6,9,12-13,17,19,23H,1,3-4,7-8,10-11H2,(H,25,27);1H. The molecule has 0 radical (unpaired) electrons. The number of hydrogen-bond donors (Lipinski definition) is 2. The number of fused-ring (bicyclic) bond motifs is 1. The van der Waals surface area contributed by atoms with E-state index < -0.39 is 12.2 Å². The van der Waals surface area contributed by atoms with E-state index in [-0.39, 0.29) is 30.1 Å². The summed E-state index contributed by atoms with van der Waals surface area (Å²) in [5.41, 5.74) is 1.23. The second-order valence-electron chi connectivity index (χ2n) is 7.39. The van der Waals surface area contributed by atoms with E-state index in [9.17, 15) is 13.6 Å². The van der Waals surface area contributed by atoms with Crippen LogP contribution >= 0.6 is 12.4 Å². The highest BCUT2D eigenvalue weighted by atomic mass is 35.5. The van der Waals surface area contributed by atoms with Gasteiger partial charge in [-0.05, 0) is 74.5 Å². The molecule has 6 nitrogen and oxygen atoms in total. The van der Waals surface area contributed by atoms with Gasteiger partial charge in [0.25, 0.3) is 0 Å². The van der Waals surface area contributed by atoms with Crippen molar-refractivity contribution >= 4 is 18.3 Å². The van der Waals surface area contributed by atoms with E-state index in [1.807, 2.05) is 12.3 Å². The molecule has 2 heterocycles. The van der Waals surface area contributed by atoms with Crippen molar-refractivity contribution in [3.63, 3.8) is 0 Å². The van der Waals surface area contributed by atoms with Gasteiger partial charge >= 0.3 is 6.61 Å². The Bertz CT molecular complexity index is 826. The highest BCUT2D eigenvalue weighted by Gasteiger charge is 2.43. The van der Waals surface area contributed by atoms with Gasteiger partial charge in [0.1, 0.15) is 11.3 Å². The summed E-state index contributed by atoms with van der Waals surface area (Å²) in [5.74, 6) is 0.121. The normalized spacial score (nSPS) is 20.4. The Morgan fingerprint density at radius 2 is 2.14 bits per heavy atom. The highest BCUT2D eigenvalue weighted by Crippen LogP contribution is 2.34.